The second kappa shape index (κ2) is 12.4. The molecular weight excluding hydrogens is 532 g/mol. The average molecular weight is 559 g/mol. The summed E-state index contributed by atoms with van der Waals surface area (Å²) in [6.45, 7) is 7.10. The molecule has 0 saturated heterocycles. The van der Waals surface area contributed by atoms with Gasteiger partial charge in [0.1, 0.15) is 10.1 Å². The molecule has 1 aliphatic rings. The van der Waals surface area contributed by atoms with Crippen LogP contribution in [-0.2, 0) is 24.9 Å². The second-order valence-corrected chi connectivity index (χ2v) is 11.3. The summed E-state index contributed by atoms with van der Waals surface area (Å²) in [7, 11) is -7.84. The van der Waals surface area contributed by atoms with Crippen molar-refractivity contribution in [2.45, 2.75) is 25.7 Å². The standard InChI is InChI=1S/C23H28N4O6S2.K/c1-5-26(13-12-24-34(4,29)30)20-7-6-18(16(2)14-20)15-22-17(3)25-27(23(22)28)19-8-10-21(11-9-19)35(31,32)33;/h6-11,14-15,24H,5,12-13H2,1-4H3,(H,31,32,33);/q;+1/p-1/b22-15+;. The van der Waals surface area contributed by atoms with Crippen molar-refractivity contribution in [1.82, 2.24) is 4.72 Å². The van der Waals surface area contributed by atoms with E-state index in [4.69, 9.17) is 0 Å². The van der Waals surface area contributed by atoms with Gasteiger partial charge < -0.3 is 9.45 Å². The SMILES string of the molecule is CCN(CCNS(C)(=O)=O)c1ccc(/C=C2/C(=O)N(c3ccc(S(=O)(=O)[O-])cc3)N=C2C)c(C)c1.[K+]. The summed E-state index contributed by atoms with van der Waals surface area (Å²) in [4.78, 5) is 14.7. The maximum atomic E-state index is 13.0. The van der Waals surface area contributed by atoms with Gasteiger partial charge in [-0.3, -0.25) is 4.79 Å². The van der Waals surface area contributed by atoms with Crippen LogP contribution in [0.1, 0.15) is 25.0 Å². The Morgan fingerprint density at radius 3 is 2.25 bits per heavy atom. The first-order valence-electron chi connectivity index (χ1n) is 10.8. The van der Waals surface area contributed by atoms with E-state index < -0.39 is 20.1 Å². The Morgan fingerprint density at radius 1 is 1.08 bits per heavy atom. The van der Waals surface area contributed by atoms with E-state index in [1.165, 1.54) is 17.1 Å². The predicted octanol–water partition coefficient (Wildman–Crippen LogP) is -0.915. The van der Waals surface area contributed by atoms with Crippen molar-refractivity contribution in [1.29, 1.82) is 0 Å². The monoisotopic (exact) mass is 558 g/mol. The molecule has 0 aromatic heterocycles. The number of hydrogen-bond donors (Lipinski definition) is 1. The molecule has 2 aromatic carbocycles. The average Bonchev–Trinajstić information content (AvgIpc) is 3.05. The Hall–Kier alpha value is -1.42. The molecule has 13 heteroatoms. The number of carbonyl (C=O) groups is 1. The van der Waals surface area contributed by atoms with Crippen LogP contribution in [0, 0.1) is 6.92 Å². The number of aryl methyl sites for hydroxylation is 1. The van der Waals surface area contributed by atoms with Gasteiger partial charge in [-0.2, -0.15) is 10.1 Å². The van der Waals surface area contributed by atoms with Gasteiger partial charge in [0.2, 0.25) is 10.0 Å². The van der Waals surface area contributed by atoms with Crippen LogP contribution in [0.3, 0.4) is 0 Å². The van der Waals surface area contributed by atoms with Gasteiger partial charge >= 0.3 is 51.4 Å². The fourth-order valence-corrected chi connectivity index (χ4v) is 4.55. The Morgan fingerprint density at radius 2 is 1.72 bits per heavy atom. The first kappa shape index (κ1) is 30.8. The van der Waals surface area contributed by atoms with E-state index in [0.717, 1.165) is 35.2 Å². The Balaban J connectivity index is 0.00000456. The second-order valence-electron chi connectivity index (χ2n) is 8.10. The molecule has 36 heavy (non-hydrogen) atoms. The number of amides is 1. The van der Waals surface area contributed by atoms with Crippen molar-refractivity contribution < 1.29 is 77.6 Å². The van der Waals surface area contributed by atoms with Crippen molar-refractivity contribution in [3.8, 4) is 0 Å². The first-order chi connectivity index (χ1) is 16.3. The molecule has 3 rings (SSSR count). The Labute approximate surface area is 254 Å². The van der Waals surface area contributed by atoms with Crippen LogP contribution in [0.5, 0.6) is 0 Å². The topological polar surface area (TPSA) is 139 Å². The molecule has 1 heterocycles. The zero-order valence-electron chi connectivity index (χ0n) is 20.8. The van der Waals surface area contributed by atoms with E-state index in [2.05, 4.69) is 9.82 Å². The summed E-state index contributed by atoms with van der Waals surface area (Å²) >= 11 is 0. The predicted molar refractivity (Wildman–Crippen MR) is 135 cm³/mol. The molecule has 1 N–H and O–H groups in total. The van der Waals surface area contributed by atoms with E-state index in [1.54, 1.807) is 13.0 Å². The number of rotatable bonds is 9. The molecule has 0 radical (unpaired) electrons. The molecule has 1 amide bonds. The Kier molecular flexibility index (Phi) is 10.6. The summed E-state index contributed by atoms with van der Waals surface area (Å²) in [6, 6.07) is 10.8. The molecule has 0 unspecified atom stereocenters. The number of likely N-dealkylation sites (N-methyl/N-ethyl adjacent to an activating group) is 1. The third-order valence-electron chi connectivity index (χ3n) is 5.48. The summed E-state index contributed by atoms with van der Waals surface area (Å²) in [6.07, 6.45) is 2.87. The molecular formula is C23H27KN4O6S2. The molecule has 0 spiro atoms. The smallest absolute Gasteiger partial charge is 0.744 e. The van der Waals surface area contributed by atoms with Crippen molar-refractivity contribution in [3.05, 3.63) is 59.2 Å². The molecule has 2 aromatic rings. The van der Waals surface area contributed by atoms with Gasteiger partial charge in [-0.1, -0.05) is 6.07 Å². The van der Waals surface area contributed by atoms with Crippen molar-refractivity contribution in [3.63, 3.8) is 0 Å². The van der Waals surface area contributed by atoms with E-state index in [1.807, 2.05) is 36.9 Å². The first-order valence-corrected chi connectivity index (χ1v) is 14.1. The van der Waals surface area contributed by atoms with Gasteiger partial charge in [0, 0.05) is 25.3 Å². The zero-order chi connectivity index (χ0) is 26.0. The molecule has 188 valence electrons. The molecule has 0 saturated carbocycles. The molecule has 0 fully saturated rings. The van der Waals surface area contributed by atoms with Crippen LogP contribution in [0.2, 0.25) is 0 Å². The third-order valence-corrected chi connectivity index (χ3v) is 7.06. The molecule has 0 atom stereocenters. The molecule has 10 nitrogen and oxygen atoms in total. The van der Waals surface area contributed by atoms with Crippen molar-refractivity contribution in [2.75, 3.05) is 35.8 Å². The number of nitrogens with one attached hydrogen (secondary N) is 1. The van der Waals surface area contributed by atoms with Crippen LogP contribution in [-0.4, -0.2) is 58.9 Å². The van der Waals surface area contributed by atoms with Gasteiger partial charge in [-0.15, -0.1) is 0 Å². The van der Waals surface area contributed by atoms with Crippen LogP contribution in [0.25, 0.3) is 6.08 Å². The maximum Gasteiger partial charge on any atom is 1.00 e. The molecule has 0 bridgehead atoms. The molecule has 0 aliphatic carbocycles. The van der Waals surface area contributed by atoms with Gasteiger partial charge in [0.25, 0.3) is 5.91 Å². The van der Waals surface area contributed by atoms with E-state index in [9.17, 15) is 26.2 Å². The van der Waals surface area contributed by atoms with Gasteiger partial charge in [-0.25, -0.2) is 21.6 Å². The maximum absolute atomic E-state index is 13.0. The zero-order valence-corrected chi connectivity index (χ0v) is 25.6. The van der Waals surface area contributed by atoms with Crippen LogP contribution >= 0.6 is 0 Å². The summed E-state index contributed by atoms with van der Waals surface area (Å²) in [5.41, 5.74) is 3.92. The van der Waals surface area contributed by atoms with Crippen molar-refractivity contribution in [2.24, 2.45) is 5.10 Å². The van der Waals surface area contributed by atoms with E-state index >= 15 is 0 Å². The minimum atomic E-state index is -4.58. The quantitative estimate of drug-likeness (QED) is 0.239. The van der Waals surface area contributed by atoms with Gasteiger partial charge in [0.05, 0.1) is 28.1 Å². The normalized spacial score (nSPS) is 15.1. The third kappa shape index (κ3) is 7.79. The van der Waals surface area contributed by atoms with Crippen molar-refractivity contribution >= 4 is 49.2 Å². The number of anilines is 2. The summed E-state index contributed by atoms with van der Waals surface area (Å²) < 4.78 is 58.5. The van der Waals surface area contributed by atoms with E-state index in [-0.39, 0.29) is 62.2 Å². The Bertz CT molecular complexity index is 1400. The fourth-order valence-electron chi connectivity index (χ4n) is 3.62. The van der Waals surface area contributed by atoms with Crippen LogP contribution in [0.4, 0.5) is 11.4 Å². The number of sulfonamides is 1. The van der Waals surface area contributed by atoms with Crippen LogP contribution < -0.4 is 66.0 Å². The largest absolute Gasteiger partial charge is 1.00 e. The van der Waals surface area contributed by atoms with Crippen LogP contribution in [0.15, 0.2) is 58.0 Å². The van der Waals surface area contributed by atoms with E-state index in [0.29, 0.717) is 36.6 Å². The minimum Gasteiger partial charge on any atom is -0.744 e. The number of hydrazone groups is 1. The molecule has 1 aliphatic heterocycles. The van der Waals surface area contributed by atoms with Gasteiger partial charge in [0.15, 0.2) is 0 Å². The summed E-state index contributed by atoms with van der Waals surface area (Å²) in [5, 5.41) is 5.46. The number of nitrogens with zero attached hydrogens (tertiary/aromatic N) is 3. The number of carbonyl (C=O) groups excluding carboxylic acids is 1. The number of benzene rings is 2. The number of hydrogen-bond acceptors (Lipinski definition) is 8. The summed E-state index contributed by atoms with van der Waals surface area (Å²) in [5.74, 6) is -0.370. The fraction of sp³-hybridized carbons (Fsp3) is 0.304. The van der Waals surface area contributed by atoms with Gasteiger partial charge in [-0.05, 0) is 74.4 Å². The minimum absolute atomic E-state index is 0.